The Morgan fingerprint density at radius 2 is 1.79 bits per heavy atom. The number of amides is 1. The lowest BCUT2D eigenvalue weighted by molar-refractivity contribution is 0.0954. The molecule has 2 heterocycles. The van der Waals surface area contributed by atoms with Crippen LogP contribution in [0, 0.1) is 0 Å². The first-order chi connectivity index (χ1) is 14.2. The molecule has 0 fully saturated rings. The molecule has 0 saturated carbocycles. The average molecular weight is 389 g/mol. The highest BCUT2D eigenvalue weighted by atomic mass is 16.5. The fraction of sp³-hybridized carbons (Fsp3) is 0.0952. The summed E-state index contributed by atoms with van der Waals surface area (Å²) in [6.07, 6.45) is 8.01. The maximum Gasteiger partial charge on any atom is 0.271 e. The van der Waals surface area contributed by atoms with E-state index in [1.54, 1.807) is 68.2 Å². The molecule has 3 rings (SSSR count). The molecule has 3 aromatic rings. The molecule has 8 heteroatoms. The molecule has 0 unspecified atom stereocenters. The van der Waals surface area contributed by atoms with E-state index in [2.05, 4.69) is 25.5 Å². The quantitative estimate of drug-likeness (QED) is 0.381. The Hall–Kier alpha value is -4.07. The first-order valence-corrected chi connectivity index (χ1v) is 8.72. The van der Waals surface area contributed by atoms with Gasteiger partial charge >= 0.3 is 0 Å². The molecule has 8 nitrogen and oxygen atoms in total. The van der Waals surface area contributed by atoms with Crippen LogP contribution in [-0.4, -0.2) is 41.6 Å². The fourth-order valence-corrected chi connectivity index (χ4v) is 2.20. The zero-order valence-electron chi connectivity index (χ0n) is 15.7. The van der Waals surface area contributed by atoms with Gasteiger partial charge in [-0.25, -0.2) is 10.4 Å². The van der Waals surface area contributed by atoms with Gasteiger partial charge in [0.2, 0.25) is 0 Å². The summed E-state index contributed by atoms with van der Waals surface area (Å²) in [5.74, 6) is 1.26. The zero-order chi connectivity index (χ0) is 20.3. The van der Waals surface area contributed by atoms with Crippen molar-refractivity contribution in [1.29, 1.82) is 0 Å². The van der Waals surface area contributed by atoms with Crippen molar-refractivity contribution >= 4 is 18.0 Å². The summed E-state index contributed by atoms with van der Waals surface area (Å²) in [6.45, 7) is 0.0553. The number of aromatic nitrogens is 2. The Morgan fingerprint density at radius 1 is 1.03 bits per heavy atom. The minimum Gasteiger partial charge on any atom is -0.497 e. The van der Waals surface area contributed by atoms with Crippen LogP contribution in [0.15, 0.2) is 83.4 Å². The van der Waals surface area contributed by atoms with Crippen LogP contribution in [0.3, 0.4) is 0 Å². The van der Waals surface area contributed by atoms with Gasteiger partial charge in [-0.3, -0.25) is 14.8 Å². The van der Waals surface area contributed by atoms with E-state index in [1.807, 2.05) is 6.07 Å². The minimum atomic E-state index is -0.370. The lowest BCUT2D eigenvalue weighted by Gasteiger charge is -2.07. The molecule has 0 bridgehead atoms. The van der Waals surface area contributed by atoms with Crippen LogP contribution in [0.1, 0.15) is 15.9 Å². The number of pyridine rings is 2. The number of hydrogen-bond donors (Lipinski definition) is 1. The van der Waals surface area contributed by atoms with E-state index in [-0.39, 0.29) is 18.3 Å². The van der Waals surface area contributed by atoms with Gasteiger partial charge in [-0.05, 0) is 42.5 Å². The number of ether oxygens (including phenoxy) is 2. The van der Waals surface area contributed by atoms with Crippen LogP contribution >= 0.6 is 0 Å². The van der Waals surface area contributed by atoms with Crippen LogP contribution in [0.4, 0.5) is 0 Å². The fourth-order valence-electron chi connectivity index (χ4n) is 2.20. The van der Waals surface area contributed by atoms with Gasteiger partial charge in [-0.2, -0.15) is 5.10 Å². The Bertz CT molecular complexity index is 974. The Balaban J connectivity index is 1.71. The Labute approximate surface area is 168 Å². The van der Waals surface area contributed by atoms with Crippen LogP contribution < -0.4 is 14.9 Å². The van der Waals surface area contributed by atoms with E-state index < -0.39 is 0 Å². The number of nitrogens with zero attached hydrogens (tertiary/aromatic N) is 4. The van der Waals surface area contributed by atoms with Crippen molar-refractivity contribution < 1.29 is 14.3 Å². The molecule has 1 N–H and O–H groups in total. The first kappa shape index (κ1) is 19.7. The van der Waals surface area contributed by atoms with Gasteiger partial charge in [0.05, 0.1) is 7.11 Å². The smallest absolute Gasteiger partial charge is 0.271 e. The lowest BCUT2D eigenvalue weighted by Crippen LogP contribution is -2.21. The maximum atomic E-state index is 12.2. The molecule has 146 valence electrons. The molecule has 1 aromatic carbocycles. The average Bonchev–Trinajstić information content (AvgIpc) is 2.80. The van der Waals surface area contributed by atoms with Crippen molar-refractivity contribution in [3.63, 3.8) is 0 Å². The molecule has 29 heavy (non-hydrogen) atoms. The number of aliphatic imine (C=N–C) groups is 1. The number of amidine groups is 1. The van der Waals surface area contributed by atoms with Crippen molar-refractivity contribution in [3.8, 4) is 11.5 Å². The summed E-state index contributed by atoms with van der Waals surface area (Å²) in [4.78, 5) is 24.4. The van der Waals surface area contributed by atoms with Crippen molar-refractivity contribution in [2.45, 2.75) is 0 Å². The summed E-state index contributed by atoms with van der Waals surface area (Å²) in [5, 5.41) is 4.09. The van der Waals surface area contributed by atoms with E-state index in [0.717, 1.165) is 11.3 Å². The van der Waals surface area contributed by atoms with Crippen molar-refractivity contribution in [1.82, 2.24) is 15.4 Å². The second-order valence-corrected chi connectivity index (χ2v) is 5.71. The molecule has 0 saturated heterocycles. The number of nitrogens with one attached hydrogen (secondary N) is 1. The second kappa shape index (κ2) is 10.3. The number of carbonyl (C=O) groups excluding carboxylic acids is 1. The van der Waals surface area contributed by atoms with Crippen LogP contribution in [-0.2, 0) is 0 Å². The highest BCUT2D eigenvalue weighted by Gasteiger charge is 2.05. The second-order valence-electron chi connectivity index (χ2n) is 5.71. The molecule has 0 aliphatic carbocycles. The monoisotopic (exact) mass is 389 g/mol. The van der Waals surface area contributed by atoms with E-state index in [1.165, 1.54) is 12.4 Å². The summed E-state index contributed by atoms with van der Waals surface area (Å²) >= 11 is 0. The number of hydrogen-bond acceptors (Lipinski definition) is 6. The van der Waals surface area contributed by atoms with Crippen molar-refractivity contribution in [2.75, 3.05) is 13.7 Å². The van der Waals surface area contributed by atoms with E-state index >= 15 is 0 Å². The first-order valence-electron chi connectivity index (χ1n) is 8.72. The number of benzene rings is 1. The lowest BCUT2D eigenvalue weighted by atomic mass is 10.3. The van der Waals surface area contributed by atoms with Crippen LogP contribution in [0.2, 0.25) is 0 Å². The summed E-state index contributed by atoms with van der Waals surface area (Å²) in [7, 11) is 1.60. The van der Waals surface area contributed by atoms with E-state index in [0.29, 0.717) is 11.3 Å². The molecule has 0 aliphatic heterocycles. The van der Waals surface area contributed by atoms with Crippen LogP contribution in [0.25, 0.3) is 0 Å². The maximum absolute atomic E-state index is 12.2. The number of carbonyl (C=O) groups is 1. The highest BCUT2D eigenvalue weighted by molar-refractivity contribution is 5.98. The third-order valence-electron chi connectivity index (χ3n) is 3.70. The van der Waals surface area contributed by atoms with Gasteiger partial charge in [0.25, 0.3) is 5.91 Å². The topological polar surface area (TPSA) is 98.1 Å². The summed E-state index contributed by atoms with van der Waals surface area (Å²) in [5.41, 5.74) is 3.72. The normalized spacial score (nSPS) is 11.3. The van der Waals surface area contributed by atoms with Gasteiger partial charge in [0, 0.05) is 42.1 Å². The largest absolute Gasteiger partial charge is 0.497 e. The van der Waals surface area contributed by atoms with Gasteiger partial charge < -0.3 is 9.47 Å². The van der Waals surface area contributed by atoms with Gasteiger partial charge in [0.1, 0.15) is 18.1 Å². The SMILES string of the molecule is COc1ccc(OCC(N=Cc2cccnc2)=NNC(=O)c2ccncc2)cc1. The number of rotatable bonds is 7. The molecule has 0 atom stereocenters. The summed E-state index contributed by atoms with van der Waals surface area (Å²) < 4.78 is 10.8. The van der Waals surface area contributed by atoms with Crippen molar-refractivity contribution in [2.24, 2.45) is 10.1 Å². The molecule has 2 aromatic heterocycles. The predicted octanol–water partition coefficient (Wildman–Crippen LogP) is 2.73. The Kier molecular flexibility index (Phi) is 7.00. The Morgan fingerprint density at radius 3 is 2.48 bits per heavy atom. The van der Waals surface area contributed by atoms with Gasteiger partial charge in [-0.15, -0.1) is 0 Å². The standard InChI is InChI=1S/C21H19N5O3/c1-28-18-4-6-19(7-5-18)29-15-20(24-14-16-3-2-10-23-13-16)25-26-21(27)17-8-11-22-12-9-17/h2-14H,15H2,1H3,(H,26,27). The minimum absolute atomic E-state index is 0.0553. The predicted molar refractivity (Wildman–Crippen MR) is 109 cm³/mol. The van der Waals surface area contributed by atoms with Crippen molar-refractivity contribution in [3.05, 3.63) is 84.4 Å². The molecular formula is C21H19N5O3. The van der Waals surface area contributed by atoms with E-state index in [9.17, 15) is 4.79 Å². The van der Waals surface area contributed by atoms with E-state index in [4.69, 9.17) is 9.47 Å². The third kappa shape index (κ3) is 6.24. The zero-order valence-corrected chi connectivity index (χ0v) is 15.7. The molecule has 0 spiro atoms. The number of hydrazone groups is 1. The van der Waals surface area contributed by atoms with Gasteiger partial charge in [-0.1, -0.05) is 6.07 Å². The van der Waals surface area contributed by atoms with Crippen LogP contribution in [0.5, 0.6) is 11.5 Å². The molecule has 0 radical (unpaired) electrons. The summed E-state index contributed by atoms with van der Waals surface area (Å²) in [6, 6.07) is 14.0. The molecule has 0 aliphatic rings. The molecular weight excluding hydrogens is 370 g/mol. The number of methoxy groups -OCH3 is 1. The third-order valence-corrected chi connectivity index (χ3v) is 3.70. The highest BCUT2D eigenvalue weighted by Crippen LogP contribution is 2.16. The molecule has 1 amide bonds. The van der Waals surface area contributed by atoms with Gasteiger partial charge in [0.15, 0.2) is 5.84 Å².